The van der Waals surface area contributed by atoms with Gasteiger partial charge in [-0.15, -0.1) is 0 Å². The van der Waals surface area contributed by atoms with Crippen LogP contribution in [0.3, 0.4) is 0 Å². The first-order valence-corrected chi connectivity index (χ1v) is 5.08. The highest BCUT2D eigenvalue weighted by molar-refractivity contribution is 7.78. The Morgan fingerprint density at radius 2 is 2.25 bits per heavy atom. The quantitative estimate of drug-likeness (QED) is 0.752. The van der Waals surface area contributed by atoms with Gasteiger partial charge >= 0.3 is 0 Å². The minimum Gasteiger partial charge on any atom is -0.306 e. The second kappa shape index (κ2) is 4.03. The fourth-order valence-corrected chi connectivity index (χ4v) is 1.73. The van der Waals surface area contributed by atoms with E-state index in [-0.39, 0.29) is 5.75 Å². The minimum absolute atomic E-state index is 0.0977. The van der Waals surface area contributed by atoms with Crippen molar-refractivity contribution >= 4 is 22.7 Å². The first kappa shape index (κ1) is 9.71. The molecule has 2 nitrogen and oxygen atoms in total. The Balaban J connectivity index is 3.00. The molecule has 1 aromatic carbocycles. The monoisotopic (exact) mass is 204 g/mol. The molecule has 0 saturated carbocycles. The molecule has 0 bridgehead atoms. The molecule has 0 amide bonds. The van der Waals surface area contributed by atoms with E-state index in [1.807, 2.05) is 19.1 Å². The summed E-state index contributed by atoms with van der Waals surface area (Å²) in [5.41, 5.74) is 1.65. The van der Waals surface area contributed by atoms with Crippen molar-refractivity contribution in [3.05, 3.63) is 34.3 Å². The van der Waals surface area contributed by atoms with Gasteiger partial charge in [-0.1, -0.05) is 29.8 Å². The van der Waals surface area contributed by atoms with Crippen molar-refractivity contribution < 1.29 is 8.76 Å². The number of hydrogen-bond acceptors (Lipinski definition) is 1. The summed E-state index contributed by atoms with van der Waals surface area (Å²) in [5, 5.41) is 0.583. The van der Waals surface area contributed by atoms with Crippen molar-refractivity contribution in [1.29, 1.82) is 0 Å². The Morgan fingerprint density at radius 3 is 2.83 bits per heavy atom. The molecule has 12 heavy (non-hydrogen) atoms. The molecule has 0 spiro atoms. The predicted molar refractivity (Wildman–Crippen MR) is 50.7 cm³/mol. The lowest BCUT2D eigenvalue weighted by atomic mass is 10.2. The van der Waals surface area contributed by atoms with Crippen LogP contribution in [0, 0.1) is 6.92 Å². The molecule has 0 aromatic heterocycles. The van der Waals surface area contributed by atoms with Crippen molar-refractivity contribution in [2.45, 2.75) is 12.7 Å². The molecule has 0 aliphatic heterocycles. The number of aryl methyl sites for hydroxylation is 1. The fraction of sp³-hybridized carbons (Fsp3) is 0.250. The smallest absolute Gasteiger partial charge is 0.157 e. The van der Waals surface area contributed by atoms with Crippen LogP contribution < -0.4 is 0 Å². The summed E-state index contributed by atoms with van der Waals surface area (Å²) in [5.74, 6) is 0.0977. The van der Waals surface area contributed by atoms with Crippen molar-refractivity contribution in [2.75, 3.05) is 0 Å². The first-order valence-electron chi connectivity index (χ1n) is 3.42. The molecular weight excluding hydrogens is 196 g/mol. The Kier molecular flexibility index (Phi) is 3.26. The van der Waals surface area contributed by atoms with E-state index in [0.29, 0.717) is 5.02 Å². The normalized spacial score (nSPS) is 12.9. The third-order valence-corrected chi connectivity index (χ3v) is 2.65. The van der Waals surface area contributed by atoms with Gasteiger partial charge in [0.1, 0.15) is 0 Å². The highest BCUT2D eigenvalue weighted by Crippen LogP contribution is 2.20. The van der Waals surface area contributed by atoms with Crippen LogP contribution in [0.1, 0.15) is 11.1 Å². The van der Waals surface area contributed by atoms with Crippen molar-refractivity contribution in [2.24, 2.45) is 0 Å². The van der Waals surface area contributed by atoms with Crippen LogP contribution >= 0.6 is 11.6 Å². The summed E-state index contributed by atoms with van der Waals surface area (Å²) in [6.07, 6.45) is 0. The van der Waals surface area contributed by atoms with E-state index in [2.05, 4.69) is 0 Å². The minimum atomic E-state index is -1.82. The van der Waals surface area contributed by atoms with Gasteiger partial charge in [0.15, 0.2) is 11.1 Å². The average molecular weight is 205 g/mol. The van der Waals surface area contributed by atoms with E-state index < -0.39 is 11.1 Å². The van der Waals surface area contributed by atoms with Crippen molar-refractivity contribution in [3.8, 4) is 0 Å². The van der Waals surface area contributed by atoms with Gasteiger partial charge in [-0.25, -0.2) is 4.21 Å². The van der Waals surface area contributed by atoms with Gasteiger partial charge in [-0.3, -0.25) is 0 Å². The summed E-state index contributed by atoms with van der Waals surface area (Å²) >= 11 is 4.07. The number of hydrogen-bond donors (Lipinski definition) is 1. The first-order chi connectivity index (χ1) is 5.61. The summed E-state index contributed by atoms with van der Waals surface area (Å²) in [6.45, 7) is 1.87. The predicted octanol–water partition coefficient (Wildman–Crippen LogP) is 2.37. The van der Waals surface area contributed by atoms with Gasteiger partial charge in [0, 0.05) is 5.02 Å². The Morgan fingerprint density at radius 1 is 1.58 bits per heavy atom. The van der Waals surface area contributed by atoms with Gasteiger partial charge in [0.05, 0.1) is 5.75 Å². The van der Waals surface area contributed by atoms with E-state index in [0.717, 1.165) is 11.1 Å². The van der Waals surface area contributed by atoms with Crippen molar-refractivity contribution in [3.63, 3.8) is 0 Å². The van der Waals surface area contributed by atoms with Crippen LogP contribution in [0.2, 0.25) is 5.02 Å². The molecule has 1 atom stereocenters. The van der Waals surface area contributed by atoms with Crippen LogP contribution in [-0.4, -0.2) is 8.76 Å². The number of halogens is 1. The Hall–Kier alpha value is -0.380. The molecule has 0 saturated heterocycles. The zero-order valence-corrected chi connectivity index (χ0v) is 8.15. The Bertz CT molecular complexity index is 312. The highest BCUT2D eigenvalue weighted by atomic mass is 35.5. The SMILES string of the molecule is Cc1cccc(CS(=O)O)c1Cl. The number of benzene rings is 1. The molecule has 1 N–H and O–H groups in total. The zero-order chi connectivity index (χ0) is 9.14. The van der Waals surface area contributed by atoms with E-state index >= 15 is 0 Å². The second-order valence-electron chi connectivity index (χ2n) is 2.51. The van der Waals surface area contributed by atoms with Crippen LogP contribution in [0.15, 0.2) is 18.2 Å². The van der Waals surface area contributed by atoms with E-state index in [4.69, 9.17) is 16.2 Å². The maximum absolute atomic E-state index is 10.5. The van der Waals surface area contributed by atoms with E-state index in [9.17, 15) is 4.21 Å². The van der Waals surface area contributed by atoms with Crippen LogP contribution in [0.4, 0.5) is 0 Å². The molecule has 1 unspecified atom stereocenters. The molecule has 66 valence electrons. The number of rotatable bonds is 2. The molecule has 1 aromatic rings. The lowest BCUT2D eigenvalue weighted by Crippen LogP contribution is -1.94. The van der Waals surface area contributed by atoms with Gasteiger partial charge in [-0.05, 0) is 18.1 Å². The summed E-state index contributed by atoms with van der Waals surface area (Å²) in [6, 6.07) is 5.44. The molecule has 4 heteroatoms. The summed E-state index contributed by atoms with van der Waals surface area (Å²) in [7, 11) is 0. The molecule has 0 fully saturated rings. The molecular formula is C8H9ClO2S. The summed E-state index contributed by atoms with van der Waals surface area (Å²) < 4.78 is 19.1. The largest absolute Gasteiger partial charge is 0.306 e. The van der Waals surface area contributed by atoms with Crippen LogP contribution in [0.5, 0.6) is 0 Å². The summed E-state index contributed by atoms with van der Waals surface area (Å²) in [4.78, 5) is 0. The van der Waals surface area contributed by atoms with Gasteiger partial charge < -0.3 is 4.55 Å². The second-order valence-corrected chi connectivity index (χ2v) is 3.82. The highest BCUT2D eigenvalue weighted by Gasteiger charge is 2.04. The van der Waals surface area contributed by atoms with Crippen LogP contribution in [0.25, 0.3) is 0 Å². The van der Waals surface area contributed by atoms with Gasteiger partial charge in [0.25, 0.3) is 0 Å². The van der Waals surface area contributed by atoms with Gasteiger partial charge in [-0.2, -0.15) is 0 Å². The molecule has 0 aliphatic carbocycles. The van der Waals surface area contributed by atoms with Crippen molar-refractivity contribution in [1.82, 2.24) is 0 Å². The lowest BCUT2D eigenvalue weighted by Gasteiger charge is -2.03. The fourth-order valence-electron chi connectivity index (χ4n) is 0.953. The molecule has 0 heterocycles. The van der Waals surface area contributed by atoms with E-state index in [1.54, 1.807) is 6.07 Å². The van der Waals surface area contributed by atoms with Gasteiger partial charge in [0.2, 0.25) is 0 Å². The van der Waals surface area contributed by atoms with E-state index in [1.165, 1.54) is 0 Å². The molecule has 1 rings (SSSR count). The zero-order valence-electron chi connectivity index (χ0n) is 6.58. The average Bonchev–Trinajstić information content (AvgIpc) is 1.98. The maximum Gasteiger partial charge on any atom is 0.157 e. The molecule has 0 aliphatic rings. The third kappa shape index (κ3) is 2.30. The van der Waals surface area contributed by atoms with Crippen LogP contribution in [-0.2, 0) is 16.8 Å². The third-order valence-electron chi connectivity index (χ3n) is 1.55. The molecule has 0 radical (unpaired) electrons. The standard InChI is InChI=1S/C8H9ClO2S/c1-6-3-2-4-7(8(6)9)5-12(10)11/h2-4H,5H2,1H3,(H,10,11). The Labute approximate surface area is 78.8 Å². The lowest BCUT2D eigenvalue weighted by molar-refractivity contribution is 0.563. The maximum atomic E-state index is 10.5. The topological polar surface area (TPSA) is 37.3 Å².